The Kier molecular flexibility index (Phi) is 5.43. The van der Waals surface area contributed by atoms with E-state index in [0.29, 0.717) is 23.7 Å². The summed E-state index contributed by atoms with van der Waals surface area (Å²) >= 11 is 5.83. The van der Waals surface area contributed by atoms with Crippen molar-refractivity contribution in [1.82, 2.24) is 25.0 Å². The fourth-order valence-corrected chi connectivity index (χ4v) is 2.45. The highest BCUT2D eigenvalue weighted by atomic mass is 35.5. The normalized spacial score (nSPS) is 11.2. The Hall–Kier alpha value is -3.00. The predicted octanol–water partition coefficient (Wildman–Crippen LogP) is 2.70. The molecule has 1 aromatic carbocycles. The molecule has 0 aliphatic carbocycles. The van der Waals surface area contributed by atoms with Gasteiger partial charge >= 0.3 is 0 Å². The second kappa shape index (κ2) is 7.92. The van der Waals surface area contributed by atoms with E-state index in [9.17, 15) is 9.18 Å². The molecule has 0 saturated heterocycles. The molecular formula is C17H16ClFN6O. The molecule has 0 bridgehead atoms. The Bertz CT molecular complexity index is 931. The van der Waals surface area contributed by atoms with E-state index >= 15 is 0 Å². The van der Waals surface area contributed by atoms with Crippen LogP contribution in [0.2, 0.25) is 5.02 Å². The van der Waals surface area contributed by atoms with Crippen LogP contribution in [0, 0.1) is 5.95 Å². The summed E-state index contributed by atoms with van der Waals surface area (Å²) in [4.78, 5) is 12.1. The fourth-order valence-electron chi connectivity index (χ4n) is 2.29. The summed E-state index contributed by atoms with van der Waals surface area (Å²) in [5.41, 5.74) is 3.99. The molecule has 3 aromatic rings. The average Bonchev–Trinajstić information content (AvgIpc) is 3.21. The molecule has 0 aliphatic heterocycles. The third-order valence-electron chi connectivity index (χ3n) is 3.63. The van der Waals surface area contributed by atoms with Crippen molar-refractivity contribution in [3.05, 3.63) is 70.5 Å². The summed E-state index contributed by atoms with van der Waals surface area (Å²) < 4.78 is 16.7. The third-order valence-corrected chi connectivity index (χ3v) is 3.83. The number of carbonyl (C=O) groups is 1. The minimum atomic E-state index is -0.492. The molecule has 7 nitrogen and oxygen atoms in total. The monoisotopic (exact) mass is 374 g/mol. The van der Waals surface area contributed by atoms with Crippen LogP contribution in [0.1, 0.15) is 28.4 Å². The van der Waals surface area contributed by atoms with E-state index in [1.807, 2.05) is 12.1 Å². The van der Waals surface area contributed by atoms with Crippen LogP contribution < -0.4 is 5.43 Å². The maximum absolute atomic E-state index is 13.8. The van der Waals surface area contributed by atoms with E-state index in [2.05, 4.69) is 20.7 Å². The SMILES string of the molecule is CCn1ncc(C=NNC(=O)c2ccc(Cn3cc(Cl)cn3)cc2)c1F. The summed E-state index contributed by atoms with van der Waals surface area (Å²) in [6, 6.07) is 7.00. The van der Waals surface area contributed by atoms with Crippen molar-refractivity contribution in [2.24, 2.45) is 5.10 Å². The van der Waals surface area contributed by atoms with Crippen LogP contribution >= 0.6 is 11.6 Å². The number of carbonyl (C=O) groups excluding carboxylic acids is 1. The lowest BCUT2D eigenvalue weighted by Gasteiger charge is -2.04. The van der Waals surface area contributed by atoms with Crippen LogP contribution in [-0.4, -0.2) is 31.7 Å². The van der Waals surface area contributed by atoms with Gasteiger partial charge in [0.25, 0.3) is 5.91 Å². The Balaban J connectivity index is 1.59. The summed E-state index contributed by atoms with van der Waals surface area (Å²) in [6.45, 7) is 2.75. The van der Waals surface area contributed by atoms with E-state index in [4.69, 9.17) is 11.6 Å². The zero-order valence-electron chi connectivity index (χ0n) is 13.9. The molecule has 0 saturated carbocycles. The van der Waals surface area contributed by atoms with Gasteiger partial charge in [0, 0.05) is 18.3 Å². The van der Waals surface area contributed by atoms with E-state index in [1.54, 1.807) is 36.1 Å². The fraction of sp³-hybridized carbons (Fsp3) is 0.176. The molecule has 134 valence electrons. The number of rotatable bonds is 6. The Morgan fingerprint density at radius 2 is 2.08 bits per heavy atom. The number of nitrogens with zero attached hydrogens (tertiary/aromatic N) is 5. The van der Waals surface area contributed by atoms with Crippen LogP contribution in [0.15, 0.2) is 48.0 Å². The number of hydrogen-bond donors (Lipinski definition) is 1. The van der Waals surface area contributed by atoms with E-state index in [-0.39, 0.29) is 5.56 Å². The van der Waals surface area contributed by atoms with Gasteiger partial charge in [-0.2, -0.15) is 19.7 Å². The quantitative estimate of drug-likeness (QED) is 0.532. The molecule has 0 unspecified atom stereocenters. The summed E-state index contributed by atoms with van der Waals surface area (Å²) in [6.07, 6.45) is 5.86. The molecule has 0 radical (unpaired) electrons. The first-order valence-corrected chi connectivity index (χ1v) is 8.26. The van der Waals surface area contributed by atoms with Gasteiger partial charge in [0.2, 0.25) is 5.95 Å². The van der Waals surface area contributed by atoms with E-state index in [0.717, 1.165) is 5.56 Å². The van der Waals surface area contributed by atoms with Crippen LogP contribution in [0.25, 0.3) is 0 Å². The van der Waals surface area contributed by atoms with Crippen molar-refractivity contribution in [2.75, 3.05) is 0 Å². The molecule has 3 rings (SSSR count). The first-order chi connectivity index (χ1) is 12.6. The Morgan fingerprint density at radius 3 is 2.69 bits per heavy atom. The number of halogens is 2. The molecule has 2 aromatic heterocycles. The van der Waals surface area contributed by atoms with Crippen LogP contribution in [-0.2, 0) is 13.1 Å². The van der Waals surface area contributed by atoms with Gasteiger partial charge in [-0.25, -0.2) is 10.1 Å². The van der Waals surface area contributed by atoms with Crippen molar-refractivity contribution >= 4 is 23.7 Å². The largest absolute Gasteiger partial charge is 0.271 e. The van der Waals surface area contributed by atoms with Gasteiger partial charge in [-0.1, -0.05) is 23.7 Å². The summed E-state index contributed by atoms with van der Waals surface area (Å²) in [5.74, 6) is -0.883. The lowest BCUT2D eigenvalue weighted by molar-refractivity contribution is 0.0955. The second-order valence-corrected chi connectivity index (χ2v) is 5.90. The molecule has 9 heteroatoms. The highest BCUT2D eigenvalue weighted by Gasteiger charge is 2.08. The van der Waals surface area contributed by atoms with Gasteiger partial charge in [0.1, 0.15) is 0 Å². The zero-order valence-corrected chi connectivity index (χ0v) is 14.7. The predicted molar refractivity (Wildman–Crippen MR) is 95.7 cm³/mol. The van der Waals surface area contributed by atoms with Crippen LogP contribution in [0.4, 0.5) is 4.39 Å². The first-order valence-electron chi connectivity index (χ1n) is 7.88. The van der Waals surface area contributed by atoms with Crippen molar-refractivity contribution in [1.29, 1.82) is 0 Å². The number of hydrazone groups is 1. The number of nitrogens with one attached hydrogen (secondary N) is 1. The van der Waals surface area contributed by atoms with Gasteiger partial charge in [0.05, 0.1) is 35.7 Å². The number of hydrogen-bond acceptors (Lipinski definition) is 4. The number of benzene rings is 1. The summed E-state index contributed by atoms with van der Waals surface area (Å²) in [7, 11) is 0. The zero-order chi connectivity index (χ0) is 18.5. The smallest absolute Gasteiger partial charge is 0.267 e. The molecule has 2 heterocycles. The highest BCUT2D eigenvalue weighted by Crippen LogP contribution is 2.09. The van der Waals surface area contributed by atoms with Gasteiger partial charge < -0.3 is 0 Å². The minimum absolute atomic E-state index is 0.209. The van der Waals surface area contributed by atoms with Gasteiger partial charge in [0.15, 0.2) is 0 Å². The Labute approximate surface area is 154 Å². The topological polar surface area (TPSA) is 77.1 Å². The lowest BCUT2D eigenvalue weighted by atomic mass is 10.1. The number of aromatic nitrogens is 4. The molecule has 26 heavy (non-hydrogen) atoms. The highest BCUT2D eigenvalue weighted by molar-refractivity contribution is 6.30. The number of amides is 1. The maximum atomic E-state index is 13.8. The molecule has 0 atom stereocenters. The van der Waals surface area contributed by atoms with E-state index < -0.39 is 11.9 Å². The van der Waals surface area contributed by atoms with Gasteiger partial charge in [-0.05, 0) is 24.6 Å². The van der Waals surface area contributed by atoms with Crippen LogP contribution in [0.3, 0.4) is 0 Å². The third kappa shape index (κ3) is 4.15. The molecule has 1 amide bonds. The van der Waals surface area contributed by atoms with Crippen LogP contribution in [0.5, 0.6) is 0 Å². The lowest BCUT2D eigenvalue weighted by Crippen LogP contribution is -2.17. The molecule has 1 N–H and O–H groups in total. The second-order valence-electron chi connectivity index (χ2n) is 5.46. The van der Waals surface area contributed by atoms with Crippen molar-refractivity contribution in [3.8, 4) is 0 Å². The van der Waals surface area contributed by atoms with Crippen molar-refractivity contribution in [2.45, 2.75) is 20.0 Å². The molecule has 0 spiro atoms. The van der Waals surface area contributed by atoms with Gasteiger partial charge in [-0.3, -0.25) is 9.48 Å². The average molecular weight is 375 g/mol. The Morgan fingerprint density at radius 1 is 1.31 bits per heavy atom. The van der Waals surface area contributed by atoms with Gasteiger partial charge in [-0.15, -0.1) is 0 Å². The van der Waals surface area contributed by atoms with Crippen molar-refractivity contribution in [3.63, 3.8) is 0 Å². The summed E-state index contributed by atoms with van der Waals surface area (Å²) in [5, 5.41) is 12.3. The van der Waals surface area contributed by atoms with Crippen molar-refractivity contribution < 1.29 is 9.18 Å². The molecule has 0 aliphatic rings. The molecule has 0 fully saturated rings. The maximum Gasteiger partial charge on any atom is 0.271 e. The first kappa shape index (κ1) is 17.8. The standard InChI is InChI=1S/C17H16ClFN6O/c1-2-25-16(19)14(8-22-25)7-20-23-17(26)13-5-3-12(4-6-13)10-24-11-15(18)9-21-24/h3-9,11H,2,10H2,1H3,(H,23,26). The number of aryl methyl sites for hydroxylation is 1. The molecular weight excluding hydrogens is 359 g/mol. The van der Waals surface area contributed by atoms with E-state index in [1.165, 1.54) is 17.1 Å². The minimum Gasteiger partial charge on any atom is -0.267 e.